The first-order chi connectivity index (χ1) is 15.6. The Kier molecular flexibility index (Phi) is 7.19. The van der Waals surface area contributed by atoms with Crippen LogP contribution in [0.5, 0.6) is 5.75 Å². The molecule has 0 N–H and O–H groups in total. The van der Waals surface area contributed by atoms with Gasteiger partial charge in [0.05, 0.1) is 6.54 Å². The number of amides is 2. The van der Waals surface area contributed by atoms with E-state index in [1.54, 1.807) is 4.90 Å². The van der Waals surface area contributed by atoms with Crippen molar-refractivity contribution in [2.24, 2.45) is 5.92 Å². The Labute approximate surface area is 187 Å². The third-order valence-electron chi connectivity index (χ3n) is 6.20. The minimum atomic E-state index is -0.274. The number of carbonyl (C=O) groups excluding carboxylic acids is 2. The average molecular weight is 439 g/mol. The van der Waals surface area contributed by atoms with E-state index in [0.717, 1.165) is 31.7 Å². The number of aromatic nitrogens is 2. The summed E-state index contributed by atoms with van der Waals surface area (Å²) in [6, 6.07) is 12.2. The van der Waals surface area contributed by atoms with E-state index < -0.39 is 0 Å². The largest absolute Gasteiger partial charge is 0.492 e. The first kappa shape index (κ1) is 22.0. The Balaban J connectivity index is 1.31. The number of carbonyl (C=O) groups is 2. The molecule has 2 aromatic rings. The van der Waals surface area contributed by atoms with Gasteiger partial charge in [-0.05, 0) is 50.3 Å². The van der Waals surface area contributed by atoms with Gasteiger partial charge in [-0.15, -0.1) is 0 Å². The number of nitrogens with zero attached hydrogens (tertiary/aromatic N) is 4. The van der Waals surface area contributed by atoms with Crippen LogP contribution in [0.1, 0.15) is 42.6 Å². The molecule has 0 spiro atoms. The molecular weight excluding hydrogens is 408 g/mol. The SMILES string of the molecule is O=C(c1ccc(=O)n(CCOc2ccccc2)n1)N1CCC(C(=O)N2CCCCC2)CC1. The summed E-state index contributed by atoms with van der Waals surface area (Å²) in [6.45, 7) is 3.30. The van der Waals surface area contributed by atoms with E-state index in [-0.39, 0.29) is 42.1 Å². The third kappa shape index (κ3) is 5.36. The predicted molar refractivity (Wildman–Crippen MR) is 119 cm³/mol. The second kappa shape index (κ2) is 10.4. The Hall–Kier alpha value is -3.16. The second-order valence-electron chi connectivity index (χ2n) is 8.39. The van der Waals surface area contributed by atoms with Crippen LogP contribution in [0, 0.1) is 5.92 Å². The summed E-state index contributed by atoms with van der Waals surface area (Å²) in [5.74, 6) is 0.748. The monoisotopic (exact) mass is 438 g/mol. The third-order valence-corrected chi connectivity index (χ3v) is 6.20. The van der Waals surface area contributed by atoms with Crippen LogP contribution in [0.3, 0.4) is 0 Å². The Bertz CT molecular complexity index is 977. The molecule has 1 aromatic carbocycles. The van der Waals surface area contributed by atoms with E-state index in [1.807, 2.05) is 35.2 Å². The van der Waals surface area contributed by atoms with E-state index in [2.05, 4.69) is 5.10 Å². The molecule has 8 nitrogen and oxygen atoms in total. The summed E-state index contributed by atoms with van der Waals surface area (Å²) in [5, 5.41) is 4.26. The molecule has 2 amide bonds. The second-order valence-corrected chi connectivity index (χ2v) is 8.39. The van der Waals surface area contributed by atoms with Crippen LogP contribution in [0.4, 0.5) is 0 Å². The Morgan fingerprint density at radius 2 is 1.62 bits per heavy atom. The van der Waals surface area contributed by atoms with Gasteiger partial charge in [0.15, 0.2) is 0 Å². The first-order valence-corrected chi connectivity index (χ1v) is 11.5. The van der Waals surface area contributed by atoms with Gasteiger partial charge in [0, 0.05) is 38.2 Å². The molecule has 0 unspecified atom stereocenters. The highest BCUT2D eigenvalue weighted by atomic mass is 16.5. The first-order valence-electron chi connectivity index (χ1n) is 11.5. The molecule has 1 aromatic heterocycles. The average Bonchev–Trinajstić information content (AvgIpc) is 2.85. The molecule has 2 aliphatic rings. The van der Waals surface area contributed by atoms with E-state index in [9.17, 15) is 14.4 Å². The molecule has 2 aliphatic heterocycles. The Morgan fingerprint density at radius 1 is 0.906 bits per heavy atom. The van der Waals surface area contributed by atoms with Crippen LogP contribution in [0.25, 0.3) is 0 Å². The van der Waals surface area contributed by atoms with Crippen molar-refractivity contribution >= 4 is 11.8 Å². The zero-order chi connectivity index (χ0) is 22.3. The molecular formula is C24H30N4O4. The maximum Gasteiger partial charge on any atom is 0.274 e. The molecule has 8 heteroatoms. The minimum Gasteiger partial charge on any atom is -0.492 e. The summed E-state index contributed by atoms with van der Waals surface area (Å²) in [6.07, 6.45) is 4.71. The zero-order valence-corrected chi connectivity index (χ0v) is 18.3. The highest BCUT2D eigenvalue weighted by Crippen LogP contribution is 2.22. The van der Waals surface area contributed by atoms with E-state index in [4.69, 9.17) is 4.74 Å². The van der Waals surface area contributed by atoms with Crippen molar-refractivity contribution in [3.05, 3.63) is 58.5 Å². The fraction of sp³-hybridized carbons (Fsp3) is 0.500. The number of hydrogen-bond donors (Lipinski definition) is 0. The lowest BCUT2D eigenvalue weighted by Gasteiger charge is -2.35. The number of benzene rings is 1. The number of likely N-dealkylation sites (tertiary alicyclic amines) is 2. The van der Waals surface area contributed by atoms with E-state index in [0.29, 0.717) is 25.9 Å². The number of hydrogen-bond acceptors (Lipinski definition) is 5. The van der Waals surface area contributed by atoms with Gasteiger partial charge in [-0.2, -0.15) is 5.10 Å². The molecule has 0 saturated carbocycles. The highest BCUT2D eigenvalue weighted by molar-refractivity contribution is 5.92. The van der Waals surface area contributed by atoms with Crippen LogP contribution in [0.2, 0.25) is 0 Å². The molecule has 0 radical (unpaired) electrons. The molecule has 4 rings (SSSR count). The zero-order valence-electron chi connectivity index (χ0n) is 18.3. The molecule has 3 heterocycles. The Morgan fingerprint density at radius 3 is 2.34 bits per heavy atom. The van der Waals surface area contributed by atoms with Crippen molar-refractivity contribution in [2.75, 3.05) is 32.8 Å². The van der Waals surface area contributed by atoms with Gasteiger partial charge in [-0.3, -0.25) is 14.4 Å². The van der Waals surface area contributed by atoms with Crippen molar-refractivity contribution < 1.29 is 14.3 Å². The molecule has 0 atom stereocenters. The van der Waals surface area contributed by atoms with Gasteiger partial charge < -0.3 is 14.5 Å². The number of para-hydroxylation sites is 1. The summed E-state index contributed by atoms with van der Waals surface area (Å²) < 4.78 is 6.90. The molecule has 32 heavy (non-hydrogen) atoms. The van der Waals surface area contributed by atoms with Gasteiger partial charge in [0.2, 0.25) is 5.91 Å². The van der Waals surface area contributed by atoms with Gasteiger partial charge in [-0.25, -0.2) is 4.68 Å². The van der Waals surface area contributed by atoms with Crippen molar-refractivity contribution in [1.29, 1.82) is 0 Å². The summed E-state index contributed by atoms with van der Waals surface area (Å²) in [7, 11) is 0. The molecule has 2 saturated heterocycles. The number of rotatable bonds is 6. The smallest absolute Gasteiger partial charge is 0.274 e. The van der Waals surface area contributed by atoms with E-state index >= 15 is 0 Å². The lowest BCUT2D eigenvalue weighted by Crippen LogP contribution is -2.46. The summed E-state index contributed by atoms with van der Waals surface area (Å²) in [5.41, 5.74) is -0.0332. The van der Waals surface area contributed by atoms with Crippen molar-refractivity contribution in [3.63, 3.8) is 0 Å². The highest BCUT2D eigenvalue weighted by Gasteiger charge is 2.31. The molecule has 0 aliphatic carbocycles. The van der Waals surface area contributed by atoms with Gasteiger partial charge >= 0.3 is 0 Å². The van der Waals surface area contributed by atoms with Gasteiger partial charge in [0.1, 0.15) is 18.1 Å². The molecule has 0 bridgehead atoms. The quantitative estimate of drug-likeness (QED) is 0.690. The maximum atomic E-state index is 13.0. The van der Waals surface area contributed by atoms with Crippen LogP contribution in [0.15, 0.2) is 47.3 Å². The maximum absolute atomic E-state index is 13.0. The standard InChI is InChI=1S/C24H30N4O4/c29-22-10-9-21(25-28(22)17-18-32-20-7-3-1-4-8-20)24(31)27-15-11-19(12-16-27)23(30)26-13-5-2-6-14-26/h1,3-4,7-10,19H,2,5-6,11-18H2. The van der Waals surface area contributed by atoms with Crippen molar-refractivity contribution in [1.82, 2.24) is 19.6 Å². The lowest BCUT2D eigenvalue weighted by molar-refractivity contribution is -0.137. The van der Waals surface area contributed by atoms with Gasteiger partial charge in [-0.1, -0.05) is 18.2 Å². The van der Waals surface area contributed by atoms with Crippen molar-refractivity contribution in [2.45, 2.75) is 38.6 Å². The normalized spacial score (nSPS) is 17.2. The molecule has 170 valence electrons. The lowest BCUT2D eigenvalue weighted by atomic mass is 9.94. The topological polar surface area (TPSA) is 84.7 Å². The van der Waals surface area contributed by atoms with Gasteiger partial charge in [0.25, 0.3) is 11.5 Å². The van der Waals surface area contributed by atoms with Crippen LogP contribution in [-0.2, 0) is 11.3 Å². The van der Waals surface area contributed by atoms with Crippen LogP contribution >= 0.6 is 0 Å². The molecule has 2 fully saturated rings. The number of ether oxygens (including phenoxy) is 1. The fourth-order valence-corrected chi connectivity index (χ4v) is 4.35. The van der Waals surface area contributed by atoms with Crippen molar-refractivity contribution in [3.8, 4) is 5.75 Å². The van der Waals surface area contributed by atoms with Crippen LogP contribution in [-0.4, -0.2) is 64.2 Å². The summed E-state index contributed by atoms with van der Waals surface area (Å²) in [4.78, 5) is 41.6. The van der Waals surface area contributed by atoms with E-state index in [1.165, 1.54) is 23.2 Å². The summed E-state index contributed by atoms with van der Waals surface area (Å²) >= 11 is 0. The minimum absolute atomic E-state index is 0.00537. The van der Waals surface area contributed by atoms with Crippen LogP contribution < -0.4 is 10.3 Å². The fourth-order valence-electron chi connectivity index (χ4n) is 4.35. The number of piperidine rings is 2. The predicted octanol–water partition coefficient (Wildman–Crippen LogP) is 2.19.